The Hall–Kier alpha value is -0.550. The van der Waals surface area contributed by atoms with Gasteiger partial charge in [-0.2, -0.15) is 0 Å². The van der Waals surface area contributed by atoms with Gasteiger partial charge in [-0.1, -0.05) is 46.4 Å². The predicted molar refractivity (Wildman–Crippen MR) is 80.3 cm³/mol. The van der Waals surface area contributed by atoms with Gasteiger partial charge in [0.1, 0.15) is 0 Å². The first-order chi connectivity index (χ1) is 7.65. The van der Waals surface area contributed by atoms with Crippen LogP contribution in [0.1, 0.15) is 23.6 Å². The zero-order chi connectivity index (χ0) is 13.1. The summed E-state index contributed by atoms with van der Waals surface area (Å²) in [5.41, 5.74) is 4.48. The summed E-state index contributed by atoms with van der Waals surface area (Å²) >= 11 is 2.15. The Morgan fingerprint density at radius 3 is 2.06 bits per heavy atom. The lowest BCUT2D eigenvalue weighted by Gasteiger charge is -2.05. The second kappa shape index (κ2) is 11.0. The van der Waals surface area contributed by atoms with E-state index in [9.17, 15) is 0 Å². The van der Waals surface area contributed by atoms with Crippen LogP contribution in [0.4, 0.5) is 0 Å². The molecule has 2 nitrogen and oxygen atoms in total. The van der Waals surface area contributed by atoms with Gasteiger partial charge in [-0.25, -0.2) is 0 Å². The summed E-state index contributed by atoms with van der Waals surface area (Å²) in [4.78, 5) is 1.97. The molecule has 1 rings (SSSR count). The Labute approximate surface area is 112 Å². The van der Waals surface area contributed by atoms with Crippen LogP contribution in [-0.4, -0.2) is 22.3 Å². The lowest BCUT2D eigenvalue weighted by atomic mass is 10.0. The van der Waals surface area contributed by atoms with Crippen LogP contribution in [0.2, 0.25) is 0 Å². The van der Waals surface area contributed by atoms with Crippen molar-refractivity contribution in [3.8, 4) is 0 Å². The summed E-state index contributed by atoms with van der Waals surface area (Å²) in [6, 6.07) is 6.20. The van der Waals surface area contributed by atoms with E-state index in [0.29, 0.717) is 0 Å². The average molecular weight is 336 g/mol. The van der Waals surface area contributed by atoms with Crippen molar-refractivity contribution in [2.45, 2.75) is 20.8 Å². The summed E-state index contributed by atoms with van der Waals surface area (Å²) in [5, 5.41) is 15.8. The smallest absolute Gasteiger partial charge is 0.0826 e. The van der Waals surface area contributed by atoms with Gasteiger partial charge in [0.2, 0.25) is 0 Å². The van der Waals surface area contributed by atoms with Crippen molar-refractivity contribution in [1.82, 2.24) is 0 Å². The van der Waals surface area contributed by atoms with E-state index in [1.165, 1.54) is 11.1 Å². The predicted octanol–water partition coefficient (Wildman–Crippen LogP) is 3.88. The molecule has 1 aromatic carbocycles. The van der Waals surface area contributed by atoms with E-state index in [1.54, 1.807) is 0 Å². The average Bonchev–Trinajstić information content (AvgIpc) is 2.33. The maximum atomic E-state index is 8.82. The van der Waals surface area contributed by atoms with Crippen molar-refractivity contribution in [2.24, 2.45) is 0 Å². The third-order valence-corrected chi connectivity index (χ3v) is 2.00. The topological polar surface area (TPSA) is 40.5 Å². The zero-order valence-electron chi connectivity index (χ0n) is 10.6. The number of aliphatic hydroxyl groups is 2. The standard InChI is InChI=1S/C11H14O.CH3I.CH4O/c1-8-4-5-11(9(2)6-8)10(3)7-12;2*1-2/h4-7,12H,1-3H3;1H3;2H,1H3/b10-7+;;. The third kappa shape index (κ3) is 6.12. The highest BCUT2D eigenvalue weighted by Gasteiger charge is 1.99. The van der Waals surface area contributed by atoms with Gasteiger partial charge in [0.05, 0.1) is 6.26 Å². The van der Waals surface area contributed by atoms with Gasteiger partial charge >= 0.3 is 0 Å². The van der Waals surface area contributed by atoms with Gasteiger partial charge in [-0.3, -0.25) is 0 Å². The molecule has 0 saturated heterocycles. The number of halogens is 1. The van der Waals surface area contributed by atoms with Crippen molar-refractivity contribution in [3.63, 3.8) is 0 Å². The van der Waals surface area contributed by atoms with Crippen LogP contribution in [0.25, 0.3) is 5.57 Å². The number of benzene rings is 1. The van der Waals surface area contributed by atoms with Crippen molar-refractivity contribution < 1.29 is 10.2 Å². The second-order valence-electron chi connectivity index (χ2n) is 3.13. The van der Waals surface area contributed by atoms with Crippen LogP contribution in [0.3, 0.4) is 0 Å². The van der Waals surface area contributed by atoms with E-state index in [4.69, 9.17) is 10.2 Å². The van der Waals surface area contributed by atoms with Gasteiger partial charge in [0.25, 0.3) is 0 Å². The first-order valence-corrected chi connectivity index (χ1v) is 7.02. The second-order valence-corrected chi connectivity index (χ2v) is 3.13. The lowest BCUT2D eigenvalue weighted by molar-refractivity contribution is 0.399. The quantitative estimate of drug-likeness (QED) is 0.464. The molecule has 0 spiro atoms. The normalized spacial score (nSPS) is 9.56. The summed E-state index contributed by atoms with van der Waals surface area (Å²) in [6.45, 7) is 6.02. The number of aliphatic hydroxyl groups excluding tert-OH is 2. The van der Waals surface area contributed by atoms with E-state index < -0.39 is 0 Å². The Bertz CT molecular complexity index is 320. The third-order valence-electron chi connectivity index (χ3n) is 2.00. The Kier molecular flexibility index (Phi) is 12.2. The fourth-order valence-electron chi connectivity index (χ4n) is 1.33. The Morgan fingerprint density at radius 1 is 1.19 bits per heavy atom. The molecule has 0 heterocycles. The van der Waals surface area contributed by atoms with Crippen LogP contribution in [0.15, 0.2) is 24.5 Å². The molecule has 0 amide bonds. The maximum Gasteiger partial charge on any atom is 0.0826 e. The minimum atomic E-state index is 0.910. The SMILES string of the molecule is C/C(=C\O)c1ccc(C)cc1C.CI.CO. The van der Waals surface area contributed by atoms with E-state index >= 15 is 0 Å². The fourth-order valence-corrected chi connectivity index (χ4v) is 1.33. The van der Waals surface area contributed by atoms with Crippen LogP contribution < -0.4 is 0 Å². The molecule has 0 unspecified atom stereocenters. The molecule has 0 aliphatic carbocycles. The molecule has 0 aliphatic rings. The number of alkyl halides is 1. The minimum absolute atomic E-state index is 0.910. The van der Waals surface area contributed by atoms with Crippen LogP contribution in [-0.2, 0) is 0 Å². The molecule has 0 bridgehead atoms. The maximum absolute atomic E-state index is 8.82. The highest BCUT2D eigenvalue weighted by atomic mass is 127. The summed E-state index contributed by atoms with van der Waals surface area (Å²) in [6.07, 6.45) is 1.15. The highest BCUT2D eigenvalue weighted by molar-refractivity contribution is 14.1. The van der Waals surface area contributed by atoms with Crippen LogP contribution >= 0.6 is 22.6 Å². The van der Waals surface area contributed by atoms with Crippen molar-refractivity contribution >= 4 is 28.2 Å². The van der Waals surface area contributed by atoms with E-state index in [0.717, 1.165) is 24.5 Å². The van der Waals surface area contributed by atoms with Crippen LogP contribution in [0.5, 0.6) is 0 Å². The number of rotatable bonds is 1. The van der Waals surface area contributed by atoms with Gasteiger partial charge in [-0.05, 0) is 42.4 Å². The number of hydrogen-bond acceptors (Lipinski definition) is 2. The Morgan fingerprint density at radius 2 is 1.69 bits per heavy atom. The number of allylic oxidation sites excluding steroid dienone is 1. The molecular weight excluding hydrogens is 315 g/mol. The molecule has 0 saturated carbocycles. The molecule has 0 fully saturated rings. The molecule has 0 aliphatic heterocycles. The summed E-state index contributed by atoms with van der Waals surface area (Å²) in [5.74, 6) is 0. The monoisotopic (exact) mass is 336 g/mol. The van der Waals surface area contributed by atoms with Crippen molar-refractivity contribution in [3.05, 3.63) is 41.2 Å². The van der Waals surface area contributed by atoms with Crippen LogP contribution in [0, 0.1) is 13.8 Å². The van der Waals surface area contributed by atoms with Gasteiger partial charge in [0, 0.05) is 7.11 Å². The Balaban J connectivity index is 0. The van der Waals surface area contributed by atoms with E-state index in [2.05, 4.69) is 48.6 Å². The first-order valence-electron chi connectivity index (χ1n) is 4.86. The molecule has 0 aromatic heterocycles. The highest BCUT2D eigenvalue weighted by Crippen LogP contribution is 2.18. The van der Waals surface area contributed by atoms with Crippen molar-refractivity contribution in [2.75, 3.05) is 12.0 Å². The largest absolute Gasteiger partial charge is 0.515 e. The summed E-state index contributed by atoms with van der Waals surface area (Å²) in [7, 11) is 1.00. The molecule has 0 radical (unpaired) electrons. The first kappa shape index (κ1) is 17.8. The van der Waals surface area contributed by atoms with Crippen molar-refractivity contribution in [1.29, 1.82) is 0 Å². The molecule has 1 aromatic rings. The number of hydrogen-bond donors (Lipinski definition) is 2. The number of aryl methyl sites for hydroxylation is 2. The van der Waals surface area contributed by atoms with E-state index in [1.807, 2.05) is 17.9 Å². The molecule has 0 atom stereocenters. The fraction of sp³-hybridized carbons (Fsp3) is 0.385. The zero-order valence-corrected chi connectivity index (χ0v) is 12.7. The van der Waals surface area contributed by atoms with Gasteiger partial charge in [-0.15, -0.1) is 0 Å². The molecule has 16 heavy (non-hydrogen) atoms. The van der Waals surface area contributed by atoms with Gasteiger partial charge < -0.3 is 10.2 Å². The molecule has 2 N–H and O–H groups in total. The molecule has 3 heteroatoms. The van der Waals surface area contributed by atoms with E-state index in [-0.39, 0.29) is 0 Å². The summed E-state index contributed by atoms with van der Waals surface area (Å²) < 4.78 is 0. The van der Waals surface area contributed by atoms with Gasteiger partial charge in [0.15, 0.2) is 0 Å². The molecular formula is C13H21IO2. The lowest BCUT2D eigenvalue weighted by Crippen LogP contribution is -1.86. The molecule has 92 valence electrons. The minimum Gasteiger partial charge on any atom is -0.515 e.